The lowest BCUT2D eigenvalue weighted by atomic mass is 9.82. The van der Waals surface area contributed by atoms with E-state index in [0.29, 0.717) is 67.3 Å². The second-order valence-corrected chi connectivity index (χ2v) is 7.50. The van der Waals surface area contributed by atoms with Crippen molar-refractivity contribution in [2.24, 2.45) is 5.92 Å². The molecular weight excluding hydrogens is 358 g/mol. The van der Waals surface area contributed by atoms with Gasteiger partial charge in [0.1, 0.15) is 5.82 Å². The summed E-state index contributed by atoms with van der Waals surface area (Å²) in [6, 6.07) is 3.61. The molecule has 8 nitrogen and oxygen atoms in total. The number of aromatic nitrogens is 2. The molecule has 1 saturated carbocycles. The van der Waals surface area contributed by atoms with Crippen LogP contribution in [0.3, 0.4) is 0 Å². The number of fused-ring (bicyclic) bond motifs is 1. The number of carbonyl (C=O) groups is 1. The summed E-state index contributed by atoms with van der Waals surface area (Å²) in [6.07, 6.45) is 4.36. The molecule has 2 aliphatic rings. The van der Waals surface area contributed by atoms with Gasteiger partial charge in [0.2, 0.25) is 11.9 Å². The average Bonchev–Trinajstić information content (AvgIpc) is 2.69. The highest BCUT2D eigenvalue weighted by molar-refractivity contribution is 5.91. The van der Waals surface area contributed by atoms with E-state index in [4.69, 9.17) is 15.2 Å². The van der Waals surface area contributed by atoms with Gasteiger partial charge < -0.3 is 25.0 Å². The summed E-state index contributed by atoms with van der Waals surface area (Å²) >= 11 is 0. The number of methoxy groups -OCH3 is 2. The third-order valence-corrected chi connectivity index (χ3v) is 5.82. The zero-order chi connectivity index (χ0) is 19.7. The van der Waals surface area contributed by atoms with E-state index in [2.05, 4.69) is 14.9 Å². The molecule has 1 aromatic heterocycles. The van der Waals surface area contributed by atoms with Crippen LogP contribution in [0.5, 0.6) is 11.5 Å². The van der Waals surface area contributed by atoms with Crippen molar-refractivity contribution in [1.82, 2.24) is 14.9 Å². The molecule has 2 fully saturated rings. The molecule has 0 radical (unpaired) electrons. The Morgan fingerprint density at radius 3 is 2.39 bits per heavy atom. The van der Waals surface area contributed by atoms with E-state index in [1.54, 1.807) is 20.3 Å². The summed E-state index contributed by atoms with van der Waals surface area (Å²) in [4.78, 5) is 25.7. The number of benzene rings is 1. The molecule has 8 heteroatoms. The molecule has 2 N–H and O–H groups in total. The number of ether oxygens (including phenoxy) is 2. The van der Waals surface area contributed by atoms with Crippen molar-refractivity contribution in [3.63, 3.8) is 0 Å². The van der Waals surface area contributed by atoms with E-state index >= 15 is 0 Å². The average molecular weight is 385 g/mol. The van der Waals surface area contributed by atoms with E-state index in [9.17, 15) is 4.79 Å². The minimum absolute atomic E-state index is 0.278. The Hall–Kier alpha value is -2.77. The van der Waals surface area contributed by atoms with Crippen LogP contribution in [-0.4, -0.2) is 61.2 Å². The maximum Gasteiger partial charge on any atom is 0.228 e. The first-order valence-corrected chi connectivity index (χ1v) is 9.81. The van der Waals surface area contributed by atoms with Crippen LogP contribution in [0.15, 0.2) is 12.1 Å². The van der Waals surface area contributed by atoms with Crippen molar-refractivity contribution < 1.29 is 14.3 Å². The molecule has 28 heavy (non-hydrogen) atoms. The van der Waals surface area contributed by atoms with Crippen molar-refractivity contribution in [3.8, 4) is 11.5 Å². The van der Waals surface area contributed by atoms with Crippen LogP contribution < -0.4 is 20.1 Å². The summed E-state index contributed by atoms with van der Waals surface area (Å²) in [5, 5.41) is 0.732. The maximum atomic E-state index is 12.4. The van der Waals surface area contributed by atoms with Gasteiger partial charge in [-0.2, -0.15) is 4.98 Å². The molecule has 0 atom stereocenters. The number of piperazine rings is 1. The van der Waals surface area contributed by atoms with Gasteiger partial charge in [0.05, 0.1) is 19.7 Å². The number of hydrogen-bond donors (Lipinski definition) is 1. The van der Waals surface area contributed by atoms with Crippen LogP contribution in [0.4, 0.5) is 11.8 Å². The van der Waals surface area contributed by atoms with Crippen LogP contribution in [0, 0.1) is 5.92 Å². The summed E-state index contributed by atoms with van der Waals surface area (Å²) < 4.78 is 10.7. The van der Waals surface area contributed by atoms with E-state index in [-0.39, 0.29) is 5.91 Å². The highest BCUT2D eigenvalue weighted by atomic mass is 16.5. The third kappa shape index (κ3) is 3.50. The Kier molecular flexibility index (Phi) is 5.11. The van der Waals surface area contributed by atoms with E-state index in [0.717, 1.165) is 5.39 Å². The number of nitrogen functional groups attached to an aromatic ring is 1. The Bertz CT molecular complexity index is 876. The third-order valence-electron chi connectivity index (χ3n) is 5.82. The first kappa shape index (κ1) is 18.6. The molecule has 1 aliphatic carbocycles. The number of carbonyl (C=O) groups excluding carboxylic acids is 1. The van der Waals surface area contributed by atoms with Gasteiger partial charge in [-0.15, -0.1) is 0 Å². The summed E-state index contributed by atoms with van der Waals surface area (Å²) in [5.41, 5.74) is 6.90. The lowest BCUT2D eigenvalue weighted by molar-refractivity contribution is -0.133. The van der Waals surface area contributed by atoms with Gasteiger partial charge in [-0.1, -0.05) is 6.42 Å². The first-order valence-electron chi connectivity index (χ1n) is 9.81. The van der Waals surface area contributed by atoms with Gasteiger partial charge in [-0.05, 0) is 24.8 Å². The second kappa shape index (κ2) is 7.69. The minimum atomic E-state index is 0.278. The summed E-state index contributed by atoms with van der Waals surface area (Å²) in [6.45, 7) is 2.79. The monoisotopic (exact) mass is 385 g/mol. The lowest BCUT2D eigenvalue weighted by Gasteiger charge is -2.36. The molecule has 2 aromatic rings. The Morgan fingerprint density at radius 2 is 1.79 bits per heavy atom. The van der Waals surface area contributed by atoms with Gasteiger partial charge >= 0.3 is 0 Å². The Morgan fingerprint density at radius 1 is 1.11 bits per heavy atom. The number of amides is 1. The number of nitrogens with zero attached hydrogens (tertiary/aromatic N) is 4. The molecule has 1 aliphatic heterocycles. The van der Waals surface area contributed by atoms with E-state index in [1.807, 2.05) is 11.0 Å². The topological polar surface area (TPSA) is 93.8 Å². The highest BCUT2D eigenvalue weighted by Crippen LogP contribution is 2.34. The standard InChI is InChI=1S/C20H27N5O3/c1-27-16-11-14-15(12-17(16)28-2)22-20(23-19(14)21)25-8-6-24(7-9-25)18(26)10-13-4-3-5-13/h11-13H,3-10H2,1-2H3,(H2,21,22,23). The SMILES string of the molecule is COc1cc2nc(N3CCN(C(=O)CC4CCC4)CC3)nc(N)c2cc1OC. The molecular formula is C20H27N5O3. The van der Waals surface area contributed by atoms with Crippen molar-refractivity contribution in [2.45, 2.75) is 25.7 Å². The predicted molar refractivity (Wildman–Crippen MR) is 108 cm³/mol. The number of anilines is 2. The lowest BCUT2D eigenvalue weighted by Crippen LogP contribution is -2.49. The van der Waals surface area contributed by atoms with E-state index < -0.39 is 0 Å². The molecule has 1 amide bonds. The fraction of sp³-hybridized carbons (Fsp3) is 0.550. The van der Waals surface area contributed by atoms with Crippen LogP contribution in [0.25, 0.3) is 10.9 Å². The largest absolute Gasteiger partial charge is 0.493 e. The molecule has 0 spiro atoms. The molecule has 2 heterocycles. The molecule has 0 unspecified atom stereocenters. The highest BCUT2D eigenvalue weighted by Gasteiger charge is 2.27. The number of nitrogens with two attached hydrogens (primary N) is 1. The molecule has 1 saturated heterocycles. The molecule has 1 aromatic carbocycles. The van der Waals surface area contributed by atoms with E-state index in [1.165, 1.54) is 19.3 Å². The normalized spacial score (nSPS) is 17.5. The Labute approximate surface area is 164 Å². The van der Waals surface area contributed by atoms with Crippen LogP contribution >= 0.6 is 0 Å². The van der Waals surface area contributed by atoms with Gasteiger partial charge in [0, 0.05) is 44.1 Å². The van der Waals surface area contributed by atoms with Gasteiger partial charge in [-0.25, -0.2) is 4.98 Å². The van der Waals surface area contributed by atoms with Crippen molar-refractivity contribution >= 4 is 28.6 Å². The molecule has 4 rings (SSSR count). The fourth-order valence-electron chi connectivity index (χ4n) is 3.84. The van der Waals surface area contributed by atoms with Gasteiger partial charge in [0.25, 0.3) is 0 Å². The van der Waals surface area contributed by atoms with Crippen LogP contribution in [-0.2, 0) is 4.79 Å². The van der Waals surface area contributed by atoms with Crippen LogP contribution in [0.2, 0.25) is 0 Å². The zero-order valence-electron chi connectivity index (χ0n) is 16.5. The molecule has 150 valence electrons. The minimum Gasteiger partial charge on any atom is -0.493 e. The van der Waals surface area contributed by atoms with Gasteiger partial charge in [0.15, 0.2) is 11.5 Å². The van der Waals surface area contributed by atoms with Crippen molar-refractivity contribution in [2.75, 3.05) is 51.0 Å². The molecule has 0 bridgehead atoms. The van der Waals surface area contributed by atoms with Gasteiger partial charge in [-0.3, -0.25) is 4.79 Å². The number of rotatable bonds is 5. The van der Waals surface area contributed by atoms with Crippen molar-refractivity contribution in [3.05, 3.63) is 12.1 Å². The second-order valence-electron chi connectivity index (χ2n) is 7.50. The quantitative estimate of drug-likeness (QED) is 0.842. The zero-order valence-corrected chi connectivity index (χ0v) is 16.5. The Balaban J connectivity index is 1.49. The summed E-state index contributed by atoms with van der Waals surface area (Å²) in [5.74, 6) is 3.07. The smallest absolute Gasteiger partial charge is 0.228 e. The fourth-order valence-corrected chi connectivity index (χ4v) is 3.84. The van der Waals surface area contributed by atoms with Crippen LogP contribution in [0.1, 0.15) is 25.7 Å². The first-order chi connectivity index (χ1) is 13.6. The van der Waals surface area contributed by atoms with Crippen molar-refractivity contribution in [1.29, 1.82) is 0 Å². The maximum absolute atomic E-state index is 12.4. The summed E-state index contributed by atoms with van der Waals surface area (Å²) in [7, 11) is 3.18. The number of hydrogen-bond acceptors (Lipinski definition) is 7. The predicted octanol–water partition coefficient (Wildman–Crippen LogP) is 2.07.